The number of carbonyl (C=O) groups is 3. The van der Waals surface area contributed by atoms with Crippen molar-refractivity contribution in [1.29, 1.82) is 0 Å². The predicted molar refractivity (Wildman–Crippen MR) is 217 cm³/mol. The first-order valence-electron chi connectivity index (χ1n) is 19.8. The first-order chi connectivity index (χ1) is 28.7. The molecular formula is C34H59N7O16P2S. The number of unbranched alkanes of at least 4 members (excludes halogenated alkanes) is 1. The maximum atomic E-state index is 12.7. The van der Waals surface area contributed by atoms with E-state index in [0.29, 0.717) is 76.4 Å². The fourth-order valence-electron chi connectivity index (χ4n) is 6.60. The predicted octanol–water partition coefficient (Wildman–Crippen LogP) is -1.14. The average molecular weight is 916 g/mol. The van der Waals surface area contributed by atoms with Gasteiger partial charge < -0.3 is 75.0 Å². The van der Waals surface area contributed by atoms with Gasteiger partial charge in [0.2, 0.25) is 11.8 Å². The van der Waals surface area contributed by atoms with Gasteiger partial charge >= 0.3 is 19.5 Å². The van der Waals surface area contributed by atoms with Crippen LogP contribution in [0, 0.1) is 0 Å². The zero-order chi connectivity index (χ0) is 43.5. The van der Waals surface area contributed by atoms with E-state index in [-0.39, 0.29) is 68.3 Å². The van der Waals surface area contributed by atoms with Crippen LogP contribution in [0.3, 0.4) is 0 Å². The lowest BCUT2D eigenvalue weighted by Gasteiger charge is -2.21. The van der Waals surface area contributed by atoms with Gasteiger partial charge in [0.15, 0.2) is 14.6 Å². The number of amides is 4. The standard InChI is InChI=1S/C34H59N7O16P2S/c1-58(47)55-20-24-30(57-59(48,49)50)29(44)32(56-24)41-19-22(31(35)40-34(41)46)5-4-9-36-27(43)8-11-51-13-15-53-17-18-54-16-14-52-12-10-37-26(42)7-3-2-6-25-28-23(21-60-25)38-33(45)39-28/h19,23-25,28-30,32,44,47H,2-18,20-21H2,1H3,(H,36,43)(H,37,42)(H2,35,40,46)(H2,38,39,45)(H2,48,49,50)/t23-,24+,25-,28-,29?,30?,32+,58?/m0/s1. The van der Waals surface area contributed by atoms with Crippen LogP contribution in [0.2, 0.25) is 0 Å². The van der Waals surface area contributed by atoms with Gasteiger partial charge in [0.1, 0.15) is 24.1 Å². The first-order valence-corrected chi connectivity index (χ1v) is 24.0. The Morgan fingerprint density at radius 2 is 1.63 bits per heavy atom. The summed E-state index contributed by atoms with van der Waals surface area (Å²) in [7, 11) is -6.95. The Balaban J connectivity index is 0.949. The topological polar surface area (TPSA) is 323 Å². The van der Waals surface area contributed by atoms with Crippen molar-refractivity contribution in [2.45, 2.75) is 86.8 Å². The van der Waals surface area contributed by atoms with Gasteiger partial charge in [0.25, 0.3) is 0 Å². The molecule has 1 aromatic rings. The SMILES string of the molecule is CP(O)OC[C@H]1O[C@@H](n2cc(CCCNC(=O)CCOCCOCCOCCOCCNC(=O)CCCC[C@@H]3SC[C@@H]4NC(=O)N[C@@H]43)c(N)nc2=O)C(O)C1OP(=O)(O)O. The molecule has 3 aliphatic heterocycles. The Morgan fingerprint density at radius 3 is 2.32 bits per heavy atom. The molecule has 3 aliphatic rings. The largest absolute Gasteiger partial charge is 0.470 e. The van der Waals surface area contributed by atoms with Crippen molar-refractivity contribution in [3.63, 3.8) is 0 Å². The van der Waals surface area contributed by atoms with E-state index in [4.69, 9.17) is 38.5 Å². The molecule has 0 saturated carbocycles. The molecule has 26 heteroatoms. The summed E-state index contributed by atoms with van der Waals surface area (Å²) < 4.78 is 49.8. The minimum atomic E-state index is -5.08. The van der Waals surface area contributed by atoms with E-state index < -0.39 is 46.4 Å². The summed E-state index contributed by atoms with van der Waals surface area (Å²) in [4.78, 5) is 80.4. The summed E-state index contributed by atoms with van der Waals surface area (Å²) in [5.74, 6) is 0.623. The van der Waals surface area contributed by atoms with E-state index in [1.54, 1.807) is 0 Å². The number of urea groups is 1. The van der Waals surface area contributed by atoms with E-state index in [9.17, 15) is 43.5 Å². The maximum absolute atomic E-state index is 12.7. The van der Waals surface area contributed by atoms with Gasteiger partial charge in [-0.3, -0.25) is 18.7 Å². The van der Waals surface area contributed by atoms with Crippen molar-refractivity contribution in [3.05, 3.63) is 22.2 Å². The molecule has 10 N–H and O–H groups in total. The van der Waals surface area contributed by atoms with Gasteiger partial charge in [-0.15, -0.1) is 0 Å². The van der Waals surface area contributed by atoms with Crippen LogP contribution < -0.4 is 32.7 Å². The van der Waals surface area contributed by atoms with Gasteiger partial charge in [0.05, 0.1) is 71.5 Å². The number of ether oxygens (including phenoxy) is 5. The Morgan fingerprint density at radius 1 is 0.983 bits per heavy atom. The number of rotatable bonds is 30. The van der Waals surface area contributed by atoms with Crippen LogP contribution in [0.5, 0.6) is 0 Å². The number of nitrogens with zero attached hydrogens (tertiary/aromatic N) is 2. The second-order valence-corrected chi connectivity index (χ2v) is 17.7. The van der Waals surface area contributed by atoms with Gasteiger partial charge in [0, 0.05) is 55.4 Å². The van der Waals surface area contributed by atoms with E-state index in [0.717, 1.165) is 29.6 Å². The zero-order valence-electron chi connectivity index (χ0n) is 33.5. The molecule has 4 amide bonds. The number of nitrogens with two attached hydrogens (primary N) is 1. The van der Waals surface area contributed by atoms with E-state index >= 15 is 0 Å². The van der Waals surface area contributed by atoms with Crippen LogP contribution in [-0.2, 0) is 53.3 Å². The number of anilines is 1. The Hall–Kier alpha value is -2.54. The highest BCUT2D eigenvalue weighted by atomic mass is 32.2. The molecular weight excluding hydrogens is 856 g/mol. The number of aliphatic hydroxyl groups is 1. The molecule has 0 bridgehead atoms. The van der Waals surface area contributed by atoms with E-state index in [1.165, 1.54) is 12.9 Å². The highest BCUT2D eigenvalue weighted by Gasteiger charge is 2.49. The van der Waals surface area contributed by atoms with Crippen LogP contribution >= 0.6 is 28.0 Å². The Labute approximate surface area is 353 Å². The summed E-state index contributed by atoms with van der Waals surface area (Å²) in [5.41, 5.74) is 5.46. The third-order valence-corrected chi connectivity index (χ3v) is 12.1. The second-order valence-electron chi connectivity index (χ2n) is 14.1. The van der Waals surface area contributed by atoms with Gasteiger partial charge in [-0.2, -0.15) is 16.7 Å². The maximum Gasteiger partial charge on any atom is 0.470 e. The molecule has 4 heterocycles. The fourth-order valence-corrected chi connectivity index (χ4v) is 9.08. The molecule has 0 radical (unpaired) electrons. The third kappa shape index (κ3) is 17.7. The molecule has 60 heavy (non-hydrogen) atoms. The molecule has 1 aromatic heterocycles. The number of nitrogen functional groups attached to an aromatic ring is 1. The minimum absolute atomic E-state index is 0.000850. The number of thioether (sulfide) groups is 1. The lowest BCUT2D eigenvalue weighted by molar-refractivity contribution is -0.122. The smallest absolute Gasteiger partial charge is 0.386 e. The molecule has 0 aliphatic carbocycles. The average Bonchev–Trinajstić information content (AvgIpc) is 3.84. The number of phosphoric acid groups is 1. The van der Waals surface area contributed by atoms with Crippen molar-refractivity contribution in [2.24, 2.45) is 0 Å². The number of phosphoric ester groups is 1. The van der Waals surface area contributed by atoms with Crippen LogP contribution in [0.4, 0.5) is 10.6 Å². The van der Waals surface area contributed by atoms with Crippen LogP contribution in [0.1, 0.15) is 50.3 Å². The number of aliphatic hydroxyl groups excluding tert-OH is 1. The molecule has 0 spiro atoms. The van der Waals surface area contributed by atoms with Crippen molar-refractivity contribution >= 4 is 51.6 Å². The number of hydrogen-bond acceptors (Lipinski definition) is 17. The highest BCUT2D eigenvalue weighted by molar-refractivity contribution is 8.00. The monoisotopic (exact) mass is 915 g/mol. The summed E-state index contributed by atoms with van der Waals surface area (Å²) in [5, 5.41) is 22.8. The molecule has 3 unspecified atom stereocenters. The van der Waals surface area contributed by atoms with E-state index in [2.05, 4.69) is 26.3 Å². The third-order valence-electron chi connectivity index (χ3n) is 9.51. The number of fused-ring (bicyclic) bond motifs is 1. The summed E-state index contributed by atoms with van der Waals surface area (Å²) in [6, 6.07) is 0.323. The van der Waals surface area contributed by atoms with Crippen LogP contribution in [-0.4, -0.2) is 168 Å². The summed E-state index contributed by atoms with van der Waals surface area (Å²) >= 11 is 1.88. The number of nitrogens with one attached hydrogen (secondary N) is 4. The van der Waals surface area contributed by atoms with Crippen molar-refractivity contribution in [3.8, 4) is 0 Å². The van der Waals surface area contributed by atoms with Crippen LogP contribution in [0.25, 0.3) is 0 Å². The molecule has 0 aromatic carbocycles. The first kappa shape index (κ1) is 50.1. The molecule has 8 atom stereocenters. The van der Waals surface area contributed by atoms with Crippen molar-refractivity contribution in [1.82, 2.24) is 30.8 Å². The number of carbonyl (C=O) groups excluding carboxylic acids is 3. The van der Waals surface area contributed by atoms with Crippen LogP contribution in [0.15, 0.2) is 11.0 Å². The lowest BCUT2D eigenvalue weighted by Crippen LogP contribution is -2.38. The number of aryl methyl sites for hydroxylation is 1. The Kier molecular flexibility index (Phi) is 21.9. The van der Waals surface area contributed by atoms with Gasteiger partial charge in [-0.1, -0.05) is 6.42 Å². The second kappa shape index (κ2) is 26.2. The zero-order valence-corrected chi connectivity index (χ0v) is 36.1. The van der Waals surface area contributed by atoms with Gasteiger partial charge in [-0.05, 0) is 25.7 Å². The lowest BCUT2D eigenvalue weighted by atomic mass is 10.0. The number of aromatic nitrogens is 2. The molecule has 3 saturated heterocycles. The normalized spacial score (nSPS) is 24.2. The Bertz CT molecular complexity index is 1610. The highest BCUT2D eigenvalue weighted by Crippen LogP contribution is 2.44. The number of hydrogen-bond donors (Lipinski definition) is 9. The molecule has 23 nitrogen and oxygen atoms in total. The van der Waals surface area contributed by atoms with E-state index in [1.807, 2.05) is 11.8 Å². The molecule has 3 fully saturated rings. The minimum Gasteiger partial charge on any atom is -0.386 e. The molecule has 342 valence electrons. The van der Waals surface area contributed by atoms with Gasteiger partial charge in [-0.25, -0.2) is 14.2 Å². The molecule has 4 rings (SSSR count). The summed E-state index contributed by atoms with van der Waals surface area (Å²) in [6.07, 6.45) is -0.708. The van der Waals surface area contributed by atoms with Crippen molar-refractivity contribution < 1.29 is 71.5 Å². The fraction of sp³-hybridized carbons (Fsp3) is 0.794. The quantitative estimate of drug-likeness (QED) is 0.0250. The van der Waals surface area contributed by atoms with Crippen molar-refractivity contribution in [2.75, 3.05) is 90.7 Å². The summed E-state index contributed by atoms with van der Waals surface area (Å²) in [6.45, 7) is 4.40.